The van der Waals surface area contributed by atoms with Crippen molar-refractivity contribution in [2.24, 2.45) is 11.3 Å². The summed E-state index contributed by atoms with van der Waals surface area (Å²) in [6, 6.07) is 5.32. The van der Waals surface area contributed by atoms with Crippen molar-refractivity contribution in [2.75, 3.05) is 14.2 Å². The molecule has 20 heavy (non-hydrogen) atoms. The Hall–Kier alpha value is -1.51. The molecule has 0 spiro atoms. The number of Topliss-reactive ketones (excluding diaryl/α,β-unsaturated/α-hetero) is 1. The first-order chi connectivity index (χ1) is 9.25. The van der Waals surface area contributed by atoms with Crippen LogP contribution >= 0.6 is 0 Å². The lowest BCUT2D eigenvalue weighted by Crippen LogP contribution is -2.14. The van der Waals surface area contributed by atoms with E-state index in [1.165, 1.54) is 0 Å². The van der Waals surface area contributed by atoms with E-state index in [1.54, 1.807) is 32.4 Å². The monoisotopic (exact) mass is 278 g/mol. The first kappa shape index (κ1) is 16.5. The van der Waals surface area contributed by atoms with Crippen molar-refractivity contribution < 1.29 is 14.3 Å². The Kier molecular flexibility index (Phi) is 5.61. The third-order valence-corrected chi connectivity index (χ3v) is 3.17. The van der Waals surface area contributed by atoms with Gasteiger partial charge in [0.2, 0.25) is 0 Å². The van der Waals surface area contributed by atoms with Gasteiger partial charge < -0.3 is 9.47 Å². The lowest BCUT2D eigenvalue weighted by Gasteiger charge is -2.22. The van der Waals surface area contributed by atoms with E-state index in [4.69, 9.17) is 9.47 Å². The summed E-state index contributed by atoms with van der Waals surface area (Å²) in [5.41, 5.74) is 0.896. The zero-order valence-corrected chi connectivity index (χ0v) is 13.4. The maximum Gasteiger partial charge on any atom is 0.163 e. The molecular weight excluding hydrogens is 252 g/mol. The first-order valence-electron chi connectivity index (χ1n) is 7.01. The maximum absolute atomic E-state index is 12.4. The summed E-state index contributed by atoms with van der Waals surface area (Å²) in [7, 11) is 3.18. The van der Waals surface area contributed by atoms with Crippen LogP contribution in [0, 0.1) is 11.3 Å². The molecule has 0 bridgehead atoms. The summed E-state index contributed by atoms with van der Waals surface area (Å²) in [5, 5.41) is 0. The van der Waals surface area contributed by atoms with E-state index >= 15 is 0 Å². The second-order valence-corrected chi connectivity index (χ2v) is 6.60. The summed E-state index contributed by atoms with van der Waals surface area (Å²) in [5.74, 6) is 1.80. The van der Waals surface area contributed by atoms with Crippen LogP contribution in [-0.4, -0.2) is 20.0 Å². The molecule has 3 nitrogen and oxygen atoms in total. The van der Waals surface area contributed by atoms with Crippen molar-refractivity contribution >= 4 is 5.78 Å². The molecular formula is C17H26O3. The number of benzene rings is 1. The van der Waals surface area contributed by atoms with Crippen molar-refractivity contribution in [1.82, 2.24) is 0 Å². The number of ether oxygens (including phenoxy) is 2. The Balaban J connectivity index is 2.81. The molecule has 0 aliphatic heterocycles. The number of methoxy groups -OCH3 is 2. The van der Waals surface area contributed by atoms with Gasteiger partial charge in [-0.3, -0.25) is 4.79 Å². The van der Waals surface area contributed by atoms with Gasteiger partial charge in [-0.25, -0.2) is 0 Å². The minimum atomic E-state index is 0.138. The fraction of sp³-hybridized carbons (Fsp3) is 0.588. The van der Waals surface area contributed by atoms with Crippen molar-refractivity contribution in [3.63, 3.8) is 0 Å². The number of hydrogen-bond donors (Lipinski definition) is 0. The van der Waals surface area contributed by atoms with Gasteiger partial charge in [0.05, 0.1) is 14.2 Å². The van der Waals surface area contributed by atoms with E-state index in [0.717, 1.165) is 6.42 Å². The quantitative estimate of drug-likeness (QED) is 0.726. The molecule has 0 N–H and O–H groups in total. The van der Waals surface area contributed by atoms with E-state index in [2.05, 4.69) is 27.7 Å². The maximum atomic E-state index is 12.4. The summed E-state index contributed by atoms with van der Waals surface area (Å²) < 4.78 is 10.4. The molecule has 0 fully saturated rings. The number of carbonyl (C=O) groups is 1. The second-order valence-electron chi connectivity index (χ2n) is 6.60. The number of ketones is 1. The standard InChI is InChI=1S/C17H26O3/c1-12(11-17(2,3)4)7-16(18)13-8-14(19-5)10-15(9-13)20-6/h8-10,12H,7,11H2,1-6H3. The van der Waals surface area contributed by atoms with Crippen LogP contribution in [0.15, 0.2) is 18.2 Å². The Labute approximate surface area is 122 Å². The van der Waals surface area contributed by atoms with Gasteiger partial charge in [0, 0.05) is 18.1 Å². The first-order valence-corrected chi connectivity index (χ1v) is 7.01. The van der Waals surface area contributed by atoms with Crippen LogP contribution in [0.4, 0.5) is 0 Å². The number of hydrogen-bond acceptors (Lipinski definition) is 3. The van der Waals surface area contributed by atoms with E-state index in [9.17, 15) is 4.79 Å². The Morgan fingerprint density at radius 2 is 1.60 bits per heavy atom. The Morgan fingerprint density at radius 3 is 2.00 bits per heavy atom. The normalized spacial score (nSPS) is 12.9. The van der Waals surface area contributed by atoms with Crippen LogP contribution < -0.4 is 9.47 Å². The third-order valence-electron chi connectivity index (χ3n) is 3.17. The molecule has 1 unspecified atom stereocenters. The molecule has 0 amide bonds. The van der Waals surface area contributed by atoms with Gasteiger partial charge in [-0.1, -0.05) is 27.7 Å². The molecule has 0 aliphatic carbocycles. The fourth-order valence-electron chi connectivity index (χ4n) is 2.52. The van der Waals surface area contributed by atoms with E-state index in [-0.39, 0.29) is 11.2 Å². The molecule has 0 saturated heterocycles. The van der Waals surface area contributed by atoms with Gasteiger partial charge in [0.25, 0.3) is 0 Å². The fourth-order valence-corrected chi connectivity index (χ4v) is 2.52. The highest BCUT2D eigenvalue weighted by Gasteiger charge is 2.19. The molecule has 1 aromatic rings. The molecule has 0 saturated carbocycles. The minimum absolute atomic E-state index is 0.138. The van der Waals surface area contributed by atoms with E-state index in [0.29, 0.717) is 29.4 Å². The van der Waals surface area contributed by atoms with Crippen LogP contribution in [0.3, 0.4) is 0 Å². The van der Waals surface area contributed by atoms with E-state index in [1.807, 2.05) is 0 Å². The molecule has 1 atom stereocenters. The van der Waals surface area contributed by atoms with Crippen molar-refractivity contribution in [2.45, 2.75) is 40.5 Å². The topological polar surface area (TPSA) is 35.5 Å². The van der Waals surface area contributed by atoms with Gasteiger partial charge in [-0.2, -0.15) is 0 Å². The number of rotatable bonds is 6. The highest BCUT2D eigenvalue weighted by atomic mass is 16.5. The van der Waals surface area contributed by atoms with Crippen molar-refractivity contribution in [3.05, 3.63) is 23.8 Å². The molecule has 1 aromatic carbocycles. The molecule has 0 heterocycles. The van der Waals surface area contributed by atoms with Crippen LogP contribution in [0.5, 0.6) is 11.5 Å². The molecule has 3 heteroatoms. The van der Waals surface area contributed by atoms with Gasteiger partial charge >= 0.3 is 0 Å². The molecule has 1 rings (SSSR count). The van der Waals surface area contributed by atoms with E-state index < -0.39 is 0 Å². The zero-order valence-electron chi connectivity index (χ0n) is 13.4. The lowest BCUT2D eigenvalue weighted by molar-refractivity contribution is 0.0953. The Bertz CT molecular complexity index is 436. The van der Waals surface area contributed by atoms with Crippen LogP contribution in [-0.2, 0) is 0 Å². The minimum Gasteiger partial charge on any atom is -0.497 e. The number of carbonyl (C=O) groups excluding carboxylic acids is 1. The van der Waals surface area contributed by atoms with Crippen molar-refractivity contribution in [3.8, 4) is 11.5 Å². The lowest BCUT2D eigenvalue weighted by atomic mass is 9.83. The van der Waals surface area contributed by atoms with Crippen LogP contribution in [0.2, 0.25) is 0 Å². The van der Waals surface area contributed by atoms with Gasteiger partial charge in [0.15, 0.2) is 5.78 Å². The van der Waals surface area contributed by atoms with Gasteiger partial charge in [-0.15, -0.1) is 0 Å². The Morgan fingerprint density at radius 1 is 1.10 bits per heavy atom. The highest BCUT2D eigenvalue weighted by molar-refractivity contribution is 5.97. The molecule has 112 valence electrons. The zero-order chi connectivity index (χ0) is 15.3. The average molecular weight is 278 g/mol. The molecule has 0 aromatic heterocycles. The van der Waals surface area contributed by atoms with Crippen molar-refractivity contribution in [1.29, 1.82) is 0 Å². The SMILES string of the molecule is COc1cc(OC)cc(C(=O)CC(C)CC(C)(C)C)c1. The molecule has 0 aliphatic rings. The second kappa shape index (κ2) is 6.78. The predicted molar refractivity (Wildman–Crippen MR) is 81.7 cm³/mol. The summed E-state index contributed by atoms with van der Waals surface area (Å²) in [4.78, 5) is 12.4. The summed E-state index contributed by atoms with van der Waals surface area (Å²) in [6.45, 7) is 8.72. The predicted octanol–water partition coefficient (Wildman–Crippen LogP) is 4.35. The summed E-state index contributed by atoms with van der Waals surface area (Å²) in [6.07, 6.45) is 1.58. The van der Waals surface area contributed by atoms with Gasteiger partial charge in [-0.05, 0) is 29.9 Å². The smallest absolute Gasteiger partial charge is 0.163 e. The van der Waals surface area contributed by atoms with Crippen LogP contribution in [0.1, 0.15) is 50.9 Å². The highest BCUT2D eigenvalue weighted by Crippen LogP contribution is 2.28. The largest absolute Gasteiger partial charge is 0.497 e. The summed E-state index contributed by atoms with van der Waals surface area (Å²) >= 11 is 0. The average Bonchev–Trinajstić information content (AvgIpc) is 2.35. The van der Waals surface area contributed by atoms with Gasteiger partial charge in [0.1, 0.15) is 11.5 Å². The molecule has 0 radical (unpaired) electrons. The van der Waals surface area contributed by atoms with Crippen LogP contribution in [0.25, 0.3) is 0 Å². The third kappa shape index (κ3) is 5.24.